The van der Waals surface area contributed by atoms with Crippen molar-refractivity contribution in [2.24, 2.45) is 0 Å². The van der Waals surface area contributed by atoms with E-state index in [-0.39, 0.29) is 12.8 Å². The number of carbonyl (C=O) groups is 1. The molecule has 0 aliphatic carbocycles. The Balaban J connectivity index is 2.32. The summed E-state index contributed by atoms with van der Waals surface area (Å²) in [4.78, 5) is 13.2. The smallest absolute Gasteiger partial charge is 0.249 e. The molecule has 1 aliphatic rings. The van der Waals surface area contributed by atoms with Crippen molar-refractivity contribution in [3.05, 3.63) is 60.8 Å². The lowest BCUT2D eigenvalue weighted by Gasteiger charge is -2.40. The van der Waals surface area contributed by atoms with Gasteiger partial charge in [-0.25, -0.2) is 0 Å². The Morgan fingerprint density at radius 2 is 0.829 bits per heavy atom. The summed E-state index contributed by atoms with van der Waals surface area (Å²) < 4.78 is 11.1. The van der Waals surface area contributed by atoms with Crippen molar-refractivity contribution in [3.8, 4) is 0 Å². The van der Waals surface area contributed by atoms with Crippen LogP contribution in [-0.2, 0) is 14.3 Å². The number of hydrogen-bond acceptors (Lipinski definition) is 10. The van der Waals surface area contributed by atoms with Crippen molar-refractivity contribution >= 4 is 5.91 Å². The van der Waals surface area contributed by atoms with Crippen LogP contribution in [0, 0.1) is 0 Å². The van der Waals surface area contributed by atoms with Crippen LogP contribution < -0.4 is 5.32 Å². The molecule has 0 aromatic rings. The first kappa shape index (κ1) is 71.8. The fourth-order valence-corrected chi connectivity index (χ4v) is 9.86. The van der Waals surface area contributed by atoms with Gasteiger partial charge in [0.15, 0.2) is 6.29 Å². The second kappa shape index (κ2) is 53.5. The Hall–Kier alpha value is -2.19. The molecule has 0 radical (unpaired) electrons. The van der Waals surface area contributed by atoms with Crippen LogP contribution in [0.1, 0.15) is 277 Å². The van der Waals surface area contributed by atoms with Crippen molar-refractivity contribution < 1.29 is 50.0 Å². The molecule has 8 N–H and O–H groups in total. The highest BCUT2D eigenvalue weighted by atomic mass is 16.7. The number of unbranched alkanes of at least 4 members (excludes halogenated alkanes) is 32. The number of allylic oxidation sites excluding steroid dienone is 10. The molecule has 0 bridgehead atoms. The van der Waals surface area contributed by atoms with Crippen LogP contribution >= 0.6 is 0 Å². The van der Waals surface area contributed by atoms with E-state index in [2.05, 4.69) is 79.9 Å². The number of nitrogens with one attached hydrogen (secondary N) is 1. The zero-order chi connectivity index (χ0) is 55.4. The Labute approximate surface area is 465 Å². The number of amides is 1. The Morgan fingerprint density at radius 1 is 0.461 bits per heavy atom. The monoisotopic (exact) mass is 1070 g/mol. The normalized spacial score (nSPS) is 20.0. The van der Waals surface area contributed by atoms with Crippen LogP contribution in [0.2, 0.25) is 0 Å². The van der Waals surface area contributed by atoms with Crippen molar-refractivity contribution in [1.29, 1.82) is 0 Å². The first-order valence-electron chi connectivity index (χ1n) is 31.7. The molecule has 0 saturated carbocycles. The number of rotatable bonds is 54. The molecule has 1 aliphatic heterocycles. The molecule has 11 heteroatoms. The van der Waals surface area contributed by atoms with Crippen LogP contribution in [-0.4, -0.2) is 110 Å². The molecule has 1 heterocycles. The number of aliphatic hydroxyl groups excluding tert-OH is 7. The van der Waals surface area contributed by atoms with Gasteiger partial charge in [0, 0.05) is 0 Å². The molecular weight excluding hydrogens is 955 g/mol. The van der Waals surface area contributed by atoms with Gasteiger partial charge in [0.25, 0.3) is 0 Å². The molecule has 444 valence electrons. The van der Waals surface area contributed by atoms with E-state index in [0.29, 0.717) is 19.3 Å². The second-order valence-corrected chi connectivity index (χ2v) is 22.1. The molecule has 76 heavy (non-hydrogen) atoms. The highest BCUT2D eigenvalue weighted by molar-refractivity contribution is 5.80. The molecule has 0 spiro atoms. The van der Waals surface area contributed by atoms with E-state index >= 15 is 0 Å². The average molecular weight is 1070 g/mol. The topological polar surface area (TPSA) is 189 Å². The number of carbonyl (C=O) groups excluding carboxylic acids is 1. The Morgan fingerprint density at radius 3 is 1.25 bits per heavy atom. The zero-order valence-electron chi connectivity index (χ0n) is 48.7. The zero-order valence-corrected chi connectivity index (χ0v) is 48.7. The predicted octanol–water partition coefficient (Wildman–Crippen LogP) is 14.2. The van der Waals surface area contributed by atoms with E-state index in [1.54, 1.807) is 0 Å². The first-order valence-corrected chi connectivity index (χ1v) is 31.7. The first-order chi connectivity index (χ1) is 37.2. The van der Waals surface area contributed by atoms with Gasteiger partial charge in [-0.15, -0.1) is 0 Å². The number of hydrogen-bond donors (Lipinski definition) is 8. The predicted molar refractivity (Wildman–Crippen MR) is 316 cm³/mol. The number of ether oxygens (including phenoxy) is 2. The Bertz CT molecular complexity index is 1420. The van der Waals surface area contributed by atoms with Gasteiger partial charge >= 0.3 is 0 Å². The Kier molecular flexibility index (Phi) is 50.5. The summed E-state index contributed by atoms with van der Waals surface area (Å²) >= 11 is 0. The van der Waals surface area contributed by atoms with Crippen LogP contribution in [0.15, 0.2) is 60.8 Å². The second-order valence-electron chi connectivity index (χ2n) is 22.1. The highest BCUT2D eigenvalue weighted by Gasteiger charge is 2.44. The minimum absolute atomic E-state index is 0.235. The van der Waals surface area contributed by atoms with Gasteiger partial charge in [-0.1, -0.05) is 242 Å². The molecule has 1 saturated heterocycles. The maximum atomic E-state index is 13.2. The molecule has 0 aromatic carbocycles. The molecule has 1 fully saturated rings. The van der Waals surface area contributed by atoms with E-state index in [4.69, 9.17) is 9.47 Å². The third-order valence-corrected chi connectivity index (χ3v) is 15.0. The molecular formula is C65H119NO10. The molecule has 1 amide bonds. The average Bonchev–Trinajstić information content (AvgIpc) is 3.42. The summed E-state index contributed by atoms with van der Waals surface area (Å²) in [6.45, 7) is 3.45. The van der Waals surface area contributed by atoms with Crippen LogP contribution in [0.4, 0.5) is 0 Å². The lowest BCUT2D eigenvalue weighted by atomic mass is 9.98. The van der Waals surface area contributed by atoms with E-state index in [0.717, 1.165) is 70.6 Å². The molecule has 11 nitrogen and oxygen atoms in total. The lowest BCUT2D eigenvalue weighted by Crippen LogP contribution is -2.60. The van der Waals surface area contributed by atoms with Gasteiger partial charge in [-0.2, -0.15) is 0 Å². The van der Waals surface area contributed by atoms with E-state index < -0.39 is 74.2 Å². The minimum Gasteiger partial charge on any atom is -0.394 e. The van der Waals surface area contributed by atoms with Gasteiger partial charge in [0.1, 0.15) is 36.6 Å². The van der Waals surface area contributed by atoms with Crippen LogP contribution in [0.25, 0.3) is 0 Å². The van der Waals surface area contributed by atoms with Crippen molar-refractivity contribution in [2.45, 2.75) is 332 Å². The SMILES string of the molecule is CCCCCCCCCCC/C=C\C/C=C\CCCCCCCCC(O)C(=O)NC(COC1OC(CO)C(O)C(O)C1O)C(O)C(O)CCC/C=C/CC/C=C/CC/C=C/CCCCCCCCCCCCCCCC. The standard InChI is InChI=1S/C65H119NO10/c1-3-5-7-9-11-13-15-17-19-21-23-25-27-28-29-30-31-33-34-36-38-40-42-44-46-48-50-52-57(68)60(70)56(55-75-65-63(73)62(72)61(71)59(54-67)76-65)66-64(74)58(69)53-51-49-47-45-43-41-39-37-35-32-26-24-22-20-18-16-14-12-10-8-6-4-2/h24,26,30-31,35-38,44,46,56-63,65,67-73H,3-23,25,27-29,32-34,39-43,45,47-55H2,1-2H3,(H,66,74)/b26-24-,31-30+,37-35-,38-36+,46-44+. The van der Waals surface area contributed by atoms with Gasteiger partial charge in [-0.05, 0) is 96.3 Å². The maximum Gasteiger partial charge on any atom is 0.249 e. The van der Waals surface area contributed by atoms with E-state index in [9.17, 15) is 40.5 Å². The van der Waals surface area contributed by atoms with Crippen molar-refractivity contribution in [2.75, 3.05) is 13.2 Å². The van der Waals surface area contributed by atoms with Crippen molar-refractivity contribution in [1.82, 2.24) is 5.32 Å². The minimum atomic E-state index is -1.68. The summed E-state index contributed by atoms with van der Waals surface area (Å²) in [6, 6.07) is -1.20. The summed E-state index contributed by atoms with van der Waals surface area (Å²) in [5, 5.41) is 76.2. The summed E-state index contributed by atoms with van der Waals surface area (Å²) in [6.07, 6.45) is 58.5. The summed E-state index contributed by atoms with van der Waals surface area (Å²) in [5.41, 5.74) is 0. The van der Waals surface area contributed by atoms with Gasteiger partial charge < -0.3 is 50.5 Å². The number of aliphatic hydroxyl groups is 7. The van der Waals surface area contributed by atoms with Crippen molar-refractivity contribution in [3.63, 3.8) is 0 Å². The van der Waals surface area contributed by atoms with E-state index in [1.165, 1.54) is 161 Å². The maximum absolute atomic E-state index is 13.2. The summed E-state index contributed by atoms with van der Waals surface area (Å²) in [5.74, 6) is -0.720. The quantitative estimate of drug-likeness (QED) is 0.0215. The third-order valence-electron chi connectivity index (χ3n) is 15.0. The fraction of sp³-hybridized carbons (Fsp3) is 0.831. The molecule has 0 aromatic heterocycles. The molecule has 9 atom stereocenters. The summed E-state index contributed by atoms with van der Waals surface area (Å²) in [7, 11) is 0. The van der Waals surface area contributed by atoms with E-state index in [1.807, 2.05) is 0 Å². The van der Waals surface area contributed by atoms with Gasteiger partial charge in [0.2, 0.25) is 5.91 Å². The largest absolute Gasteiger partial charge is 0.394 e. The third kappa shape index (κ3) is 40.9. The molecule has 9 unspecified atom stereocenters. The highest BCUT2D eigenvalue weighted by Crippen LogP contribution is 2.23. The van der Waals surface area contributed by atoms with Gasteiger partial charge in [-0.3, -0.25) is 4.79 Å². The van der Waals surface area contributed by atoms with Gasteiger partial charge in [0.05, 0.1) is 25.4 Å². The van der Waals surface area contributed by atoms with Crippen LogP contribution in [0.3, 0.4) is 0 Å². The lowest BCUT2D eigenvalue weighted by molar-refractivity contribution is -0.303. The fourth-order valence-electron chi connectivity index (χ4n) is 9.86. The molecule has 1 rings (SSSR count). The van der Waals surface area contributed by atoms with Crippen LogP contribution in [0.5, 0.6) is 0 Å².